The monoisotopic (exact) mass is 367 g/mol. The number of anilines is 1. The van der Waals surface area contributed by atoms with Gasteiger partial charge >= 0.3 is 5.97 Å². The van der Waals surface area contributed by atoms with E-state index < -0.39 is 30.1 Å². The van der Waals surface area contributed by atoms with Crippen LogP contribution >= 0.6 is 11.6 Å². The van der Waals surface area contributed by atoms with Gasteiger partial charge in [0.15, 0.2) is 18.2 Å². The van der Waals surface area contributed by atoms with Gasteiger partial charge in [-0.3, -0.25) is 4.79 Å². The fraction of sp³-hybridized carbons (Fsp3) is 0.222. The van der Waals surface area contributed by atoms with Crippen molar-refractivity contribution in [2.45, 2.75) is 19.8 Å². The molecule has 1 amide bonds. The van der Waals surface area contributed by atoms with Crippen molar-refractivity contribution in [1.82, 2.24) is 0 Å². The summed E-state index contributed by atoms with van der Waals surface area (Å²) in [5, 5.41) is 2.27. The van der Waals surface area contributed by atoms with Crippen LogP contribution in [0.15, 0.2) is 36.4 Å². The first-order valence-corrected chi connectivity index (χ1v) is 7.87. The first-order chi connectivity index (χ1) is 11.8. The smallest absolute Gasteiger partial charge is 0.340 e. The molecular weight excluding hydrogens is 352 g/mol. The second-order valence-electron chi connectivity index (χ2n) is 5.65. The zero-order valence-electron chi connectivity index (χ0n) is 13.6. The molecule has 2 aromatic rings. The average Bonchev–Trinajstić information content (AvgIpc) is 2.56. The molecule has 4 nitrogen and oxygen atoms in total. The molecule has 0 aliphatic carbocycles. The maximum Gasteiger partial charge on any atom is 0.340 e. The molecule has 1 N–H and O–H groups in total. The van der Waals surface area contributed by atoms with Gasteiger partial charge in [0.05, 0.1) is 10.6 Å². The number of rotatable bonds is 5. The molecule has 0 unspecified atom stereocenters. The highest BCUT2D eigenvalue weighted by Gasteiger charge is 2.17. The molecule has 0 saturated heterocycles. The second kappa shape index (κ2) is 8.07. The lowest BCUT2D eigenvalue weighted by molar-refractivity contribution is -0.119. The molecule has 0 saturated carbocycles. The van der Waals surface area contributed by atoms with E-state index in [4.69, 9.17) is 16.3 Å². The van der Waals surface area contributed by atoms with Gasteiger partial charge in [-0.05, 0) is 35.7 Å². The highest BCUT2D eigenvalue weighted by Crippen LogP contribution is 2.21. The Hall–Kier alpha value is -2.47. The molecule has 132 valence electrons. The first-order valence-electron chi connectivity index (χ1n) is 7.49. The van der Waals surface area contributed by atoms with Gasteiger partial charge in [0, 0.05) is 5.69 Å². The normalized spacial score (nSPS) is 10.6. The number of esters is 1. The van der Waals surface area contributed by atoms with E-state index in [1.165, 1.54) is 0 Å². The molecule has 0 spiro atoms. The fourth-order valence-electron chi connectivity index (χ4n) is 2.04. The Kier molecular flexibility index (Phi) is 6.09. The number of halogens is 3. The number of benzene rings is 2. The van der Waals surface area contributed by atoms with E-state index in [0.29, 0.717) is 23.7 Å². The average molecular weight is 368 g/mol. The number of carbonyl (C=O) groups excluding carboxylic acids is 2. The van der Waals surface area contributed by atoms with Crippen molar-refractivity contribution in [3.8, 4) is 0 Å². The minimum atomic E-state index is -1.23. The van der Waals surface area contributed by atoms with Crippen molar-refractivity contribution in [1.29, 1.82) is 0 Å². The van der Waals surface area contributed by atoms with Gasteiger partial charge in [0.25, 0.3) is 5.91 Å². The van der Waals surface area contributed by atoms with E-state index in [1.807, 2.05) is 12.1 Å². The molecule has 7 heteroatoms. The Bertz CT molecular complexity index is 792. The van der Waals surface area contributed by atoms with Crippen LogP contribution in [0.2, 0.25) is 5.02 Å². The summed E-state index contributed by atoms with van der Waals surface area (Å²) in [7, 11) is 0. The third kappa shape index (κ3) is 5.00. The van der Waals surface area contributed by atoms with Gasteiger partial charge in [0.1, 0.15) is 0 Å². The van der Waals surface area contributed by atoms with E-state index >= 15 is 0 Å². The number of nitrogens with one attached hydrogen (secondary N) is 1. The summed E-state index contributed by atoms with van der Waals surface area (Å²) in [6, 6.07) is 8.54. The van der Waals surface area contributed by atoms with Crippen LogP contribution < -0.4 is 5.32 Å². The van der Waals surface area contributed by atoms with Crippen molar-refractivity contribution in [2.75, 3.05) is 11.9 Å². The molecule has 0 fully saturated rings. The van der Waals surface area contributed by atoms with Gasteiger partial charge in [-0.2, -0.15) is 0 Å². The van der Waals surface area contributed by atoms with Gasteiger partial charge < -0.3 is 10.1 Å². The molecule has 25 heavy (non-hydrogen) atoms. The summed E-state index contributed by atoms with van der Waals surface area (Å²) >= 11 is 5.67. The van der Waals surface area contributed by atoms with Gasteiger partial charge in [-0.1, -0.05) is 37.6 Å². The largest absolute Gasteiger partial charge is 0.452 e. The molecule has 0 heterocycles. The Morgan fingerprint density at radius 3 is 2.32 bits per heavy atom. The molecule has 0 aliphatic rings. The molecule has 0 radical (unpaired) electrons. The molecular formula is C18H16ClF2NO3. The van der Waals surface area contributed by atoms with Crippen LogP contribution in [0.5, 0.6) is 0 Å². The van der Waals surface area contributed by atoms with Crippen LogP contribution in [-0.2, 0) is 9.53 Å². The van der Waals surface area contributed by atoms with Crippen LogP contribution in [0.3, 0.4) is 0 Å². The Labute approximate surface area is 148 Å². The lowest BCUT2D eigenvalue weighted by Crippen LogP contribution is -2.21. The summed E-state index contributed by atoms with van der Waals surface area (Å²) in [6.07, 6.45) is 0. The van der Waals surface area contributed by atoms with E-state index in [1.54, 1.807) is 12.1 Å². The SMILES string of the molecule is CC(C)c1ccc(NC(=O)COC(=O)c2cc(F)c(F)cc2Cl)cc1. The van der Waals surface area contributed by atoms with Gasteiger partial charge in [-0.15, -0.1) is 0 Å². The Balaban J connectivity index is 1.93. The number of ether oxygens (including phenoxy) is 1. The lowest BCUT2D eigenvalue weighted by Gasteiger charge is -2.09. The highest BCUT2D eigenvalue weighted by atomic mass is 35.5. The van der Waals surface area contributed by atoms with Crippen molar-refractivity contribution < 1.29 is 23.1 Å². The van der Waals surface area contributed by atoms with Gasteiger partial charge in [-0.25, -0.2) is 13.6 Å². The highest BCUT2D eigenvalue weighted by molar-refractivity contribution is 6.33. The zero-order valence-corrected chi connectivity index (χ0v) is 14.4. The third-order valence-electron chi connectivity index (χ3n) is 3.43. The molecule has 0 bridgehead atoms. The fourth-order valence-corrected chi connectivity index (χ4v) is 2.26. The van der Waals surface area contributed by atoms with Crippen LogP contribution in [0, 0.1) is 11.6 Å². The second-order valence-corrected chi connectivity index (χ2v) is 6.05. The van der Waals surface area contributed by atoms with Crippen LogP contribution in [-0.4, -0.2) is 18.5 Å². The topological polar surface area (TPSA) is 55.4 Å². The maximum atomic E-state index is 13.2. The minimum Gasteiger partial charge on any atom is -0.452 e. The summed E-state index contributed by atoms with van der Waals surface area (Å²) in [5.41, 5.74) is 1.32. The molecule has 2 rings (SSSR count). The zero-order chi connectivity index (χ0) is 18.6. The Morgan fingerprint density at radius 1 is 1.12 bits per heavy atom. The minimum absolute atomic E-state index is 0.298. The predicted molar refractivity (Wildman–Crippen MR) is 90.8 cm³/mol. The quantitative estimate of drug-likeness (QED) is 0.623. The van der Waals surface area contributed by atoms with Crippen LogP contribution in [0.25, 0.3) is 0 Å². The Morgan fingerprint density at radius 2 is 1.72 bits per heavy atom. The third-order valence-corrected chi connectivity index (χ3v) is 3.74. The van der Waals surface area contributed by atoms with E-state index in [-0.39, 0.29) is 10.6 Å². The molecule has 0 aliphatic heterocycles. The summed E-state index contributed by atoms with van der Waals surface area (Å²) < 4.78 is 30.9. The van der Waals surface area contributed by atoms with Crippen molar-refractivity contribution in [3.63, 3.8) is 0 Å². The number of amides is 1. The maximum absolute atomic E-state index is 13.2. The summed E-state index contributed by atoms with van der Waals surface area (Å²) in [6.45, 7) is 3.52. The molecule has 0 atom stereocenters. The van der Waals surface area contributed by atoms with Crippen LogP contribution in [0.1, 0.15) is 35.7 Å². The first kappa shape index (κ1) is 18.9. The van der Waals surface area contributed by atoms with E-state index in [0.717, 1.165) is 5.56 Å². The summed E-state index contributed by atoms with van der Waals surface area (Å²) in [4.78, 5) is 23.6. The van der Waals surface area contributed by atoms with Crippen LogP contribution in [0.4, 0.5) is 14.5 Å². The number of hydrogen-bond donors (Lipinski definition) is 1. The van der Waals surface area contributed by atoms with E-state index in [2.05, 4.69) is 19.2 Å². The molecule has 0 aromatic heterocycles. The molecule has 2 aromatic carbocycles. The van der Waals surface area contributed by atoms with Crippen molar-refractivity contribution in [3.05, 3.63) is 64.2 Å². The van der Waals surface area contributed by atoms with Gasteiger partial charge in [0.2, 0.25) is 0 Å². The standard InChI is InChI=1S/C18H16ClF2NO3/c1-10(2)11-3-5-12(6-4-11)22-17(23)9-25-18(24)13-7-15(20)16(21)8-14(13)19/h3-8,10H,9H2,1-2H3,(H,22,23). The summed E-state index contributed by atoms with van der Waals surface area (Å²) in [5.74, 6) is -3.62. The number of carbonyl (C=O) groups is 2. The number of hydrogen-bond acceptors (Lipinski definition) is 3. The van der Waals surface area contributed by atoms with Crippen molar-refractivity contribution in [2.24, 2.45) is 0 Å². The van der Waals surface area contributed by atoms with E-state index in [9.17, 15) is 18.4 Å². The lowest BCUT2D eigenvalue weighted by atomic mass is 10.0. The predicted octanol–water partition coefficient (Wildman–Crippen LogP) is 4.54. The van der Waals surface area contributed by atoms with Crippen molar-refractivity contribution >= 4 is 29.2 Å².